The van der Waals surface area contributed by atoms with Gasteiger partial charge in [-0.25, -0.2) is 0 Å². The van der Waals surface area contributed by atoms with E-state index < -0.39 is 0 Å². The molecule has 0 bridgehead atoms. The van der Waals surface area contributed by atoms with Crippen LogP contribution in [0.4, 0.5) is 5.69 Å². The SMILES string of the molecule is CCC(CC)C1CN=C(Nc2cccc(C)c2)S1. The second-order valence-corrected chi connectivity index (χ2v) is 6.10. The minimum Gasteiger partial charge on any atom is -0.335 e. The summed E-state index contributed by atoms with van der Waals surface area (Å²) in [6, 6.07) is 8.45. The average molecular weight is 262 g/mol. The molecule has 2 nitrogen and oxygen atoms in total. The predicted octanol–water partition coefficient (Wildman–Crippen LogP) is 4.31. The summed E-state index contributed by atoms with van der Waals surface area (Å²) in [6.07, 6.45) is 2.50. The molecule has 0 aliphatic carbocycles. The predicted molar refractivity (Wildman–Crippen MR) is 82.6 cm³/mol. The Kier molecular flexibility index (Phi) is 4.70. The van der Waals surface area contributed by atoms with Crippen LogP contribution in [0, 0.1) is 12.8 Å². The molecule has 1 unspecified atom stereocenters. The summed E-state index contributed by atoms with van der Waals surface area (Å²) in [6.45, 7) is 7.63. The second kappa shape index (κ2) is 6.28. The highest BCUT2D eigenvalue weighted by molar-refractivity contribution is 8.15. The third-order valence-electron chi connectivity index (χ3n) is 3.52. The van der Waals surface area contributed by atoms with Gasteiger partial charge >= 0.3 is 0 Å². The second-order valence-electron chi connectivity index (χ2n) is 4.87. The number of anilines is 1. The molecule has 2 rings (SSSR count). The molecule has 1 N–H and O–H groups in total. The molecule has 0 aromatic heterocycles. The smallest absolute Gasteiger partial charge is 0.161 e. The van der Waals surface area contributed by atoms with Crippen molar-refractivity contribution in [2.75, 3.05) is 11.9 Å². The Morgan fingerprint density at radius 2 is 2.17 bits per heavy atom. The number of rotatable bonds is 4. The van der Waals surface area contributed by atoms with E-state index in [-0.39, 0.29) is 0 Å². The standard InChI is InChI=1S/C15H22N2S/c1-4-12(5-2)14-10-16-15(18-14)17-13-8-6-7-11(3)9-13/h6-9,12,14H,4-5,10H2,1-3H3,(H,16,17). The third kappa shape index (κ3) is 3.29. The van der Waals surface area contributed by atoms with Crippen LogP contribution in [0.3, 0.4) is 0 Å². The van der Waals surface area contributed by atoms with E-state index in [2.05, 4.69) is 55.3 Å². The number of aryl methyl sites for hydroxylation is 1. The third-order valence-corrected chi connectivity index (χ3v) is 4.81. The van der Waals surface area contributed by atoms with Gasteiger partial charge in [-0.05, 0) is 30.5 Å². The fourth-order valence-corrected chi connectivity index (χ4v) is 3.70. The lowest BCUT2D eigenvalue weighted by molar-refractivity contribution is 0.479. The van der Waals surface area contributed by atoms with Gasteiger partial charge in [0.05, 0.1) is 6.54 Å². The van der Waals surface area contributed by atoms with Gasteiger partial charge in [0, 0.05) is 10.9 Å². The Bertz CT molecular complexity index is 424. The molecule has 18 heavy (non-hydrogen) atoms. The highest BCUT2D eigenvalue weighted by Crippen LogP contribution is 2.31. The first-order chi connectivity index (χ1) is 8.72. The van der Waals surface area contributed by atoms with E-state index in [1.807, 2.05) is 11.8 Å². The van der Waals surface area contributed by atoms with Crippen LogP contribution in [0.2, 0.25) is 0 Å². The first-order valence-electron chi connectivity index (χ1n) is 6.77. The van der Waals surface area contributed by atoms with E-state index in [9.17, 15) is 0 Å². The molecule has 3 heteroatoms. The van der Waals surface area contributed by atoms with Crippen LogP contribution in [0.25, 0.3) is 0 Å². The first-order valence-corrected chi connectivity index (χ1v) is 7.65. The highest BCUT2D eigenvalue weighted by Gasteiger charge is 2.25. The van der Waals surface area contributed by atoms with Gasteiger partial charge in [0.2, 0.25) is 0 Å². The molecule has 98 valence electrons. The number of nitrogens with zero attached hydrogens (tertiary/aromatic N) is 1. The minimum atomic E-state index is 0.660. The van der Waals surface area contributed by atoms with Crippen molar-refractivity contribution in [1.82, 2.24) is 0 Å². The Hall–Kier alpha value is -0.960. The van der Waals surface area contributed by atoms with Gasteiger partial charge in [-0.1, -0.05) is 50.6 Å². The summed E-state index contributed by atoms with van der Waals surface area (Å²) in [7, 11) is 0. The Morgan fingerprint density at radius 1 is 1.39 bits per heavy atom. The summed E-state index contributed by atoms with van der Waals surface area (Å²) in [5.74, 6) is 0.788. The number of amidine groups is 1. The normalized spacial score (nSPS) is 19.1. The zero-order valence-corrected chi connectivity index (χ0v) is 12.3. The monoisotopic (exact) mass is 262 g/mol. The van der Waals surface area contributed by atoms with Crippen molar-refractivity contribution in [3.8, 4) is 0 Å². The van der Waals surface area contributed by atoms with Crippen LogP contribution in [0.15, 0.2) is 29.3 Å². The summed E-state index contributed by atoms with van der Waals surface area (Å²) < 4.78 is 0. The van der Waals surface area contributed by atoms with Crippen LogP contribution in [-0.2, 0) is 0 Å². The quantitative estimate of drug-likeness (QED) is 0.874. The van der Waals surface area contributed by atoms with E-state index in [0.29, 0.717) is 5.25 Å². The molecule has 0 amide bonds. The summed E-state index contributed by atoms with van der Waals surface area (Å²) in [4.78, 5) is 4.63. The first kappa shape index (κ1) is 13.5. The van der Waals surface area contributed by atoms with Gasteiger partial charge in [-0.3, -0.25) is 4.99 Å². The molecule has 0 saturated heterocycles. The van der Waals surface area contributed by atoms with Crippen LogP contribution < -0.4 is 5.32 Å². The number of thioether (sulfide) groups is 1. The molecule has 0 spiro atoms. The Labute approximate surface area is 114 Å². The van der Waals surface area contributed by atoms with E-state index >= 15 is 0 Å². The minimum absolute atomic E-state index is 0.660. The largest absolute Gasteiger partial charge is 0.335 e. The van der Waals surface area contributed by atoms with Crippen molar-refractivity contribution in [3.63, 3.8) is 0 Å². The van der Waals surface area contributed by atoms with Gasteiger partial charge < -0.3 is 5.32 Å². The van der Waals surface area contributed by atoms with E-state index in [0.717, 1.165) is 23.3 Å². The van der Waals surface area contributed by atoms with Crippen molar-refractivity contribution >= 4 is 22.6 Å². The highest BCUT2D eigenvalue weighted by atomic mass is 32.2. The molecular formula is C15H22N2S. The average Bonchev–Trinajstić information content (AvgIpc) is 2.79. The summed E-state index contributed by atoms with van der Waals surface area (Å²) >= 11 is 1.91. The van der Waals surface area contributed by atoms with Crippen molar-refractivity contribution in [1.29, 1.82) is 0 Å². The molecule has 1 aromatic rings. The zero-order chi connectivity index (χ0) is 13.0. The van der Waals surface area contributed by atoms with Crippen LogP contribution in [0.5, 0.6) is 0 Å². The van der Waals surface area contributed by atoms with E-state index in [4.69, 9.17) is 0 Å². The number of benzene rings is 1. The fraction of sp³-hybridized carbons (Fsp3) is 0.533. The van der Waals surface area contributed by atoms with E-state index in [1.165, 1.54) is 18.4 Å². The van der Waals surface area contributed by atoms with Crippen molar-refractivity contribution in [3.05, 3.63) is 29.8 Å². The lowest BCUT2D eigenvalue weighted by atomic mass is 9.99. The molecular weight excluding hydrogens is 240 g/mol. The fourth-order valence-electron chi connectivity index (χ4n) is 2.37. The van der Waals surface area contributed by atoms with Crippen LogP contribution in [0.1, 0.15) is 32.3 Å². The number of aliphatic imine (C=N–C) groups is 1. The maximum Gasteiger partial charge on any atom is 0.161 e. The molecule has 1 aromatic carbocycles. The maximum atomic E-state index is 4.63. The lowest BCUT2D eigenvalue weighted by Gasteiger charge is -2.18. The lowest BCUT2D eigenvalue weighted by Crippen LogP contribution is -2.17. The van der Waals surface area contributed by atoms with Crippen molar-refractivity contribution in [2.24, 2.45) is 10.9 Å². The van der Waals surface area contributed by atoms with Gasteiger partial charge in [-0.15, -0.1) is 0 Å². The number of nitrogens with one attached hydrogen (secondary N) is 1. The Morgan fingerprint density at radius 3 is 2.83 bits per heavy atom. The molecule has 1 aliphatic heterocycles. The molecule has 1 atom stereocenters. The number of hydrogen-bond acceptors (Lipinski definition) is 3. The number of hydrogen-bond donors (Lipinski definition) is 1. The van der Waals surface area contributed by atoms with Crippen molar-refractivity contribution in [2.45, 2.75) is 38.9 Å². The summed E-state index contributed by atoms with van der Waals surface area (Å²) in [5, 5.41) is 5.17. The van der Waals surface area contributed by atoms with Gasteiger partial charge in [0.15, 0.2) is 5.17 Å². The van der Waals surface area contributed by atoms with Crippen LogP contribution in [-0.4, -0.2) is 17.0 Å². The van der Waals surface area contributed by atoms with Gasteiger partial charge in [0.1, 0.15) is 0 Å². The Balaban J connectivity index is 1.93. The zero-order valence-electron chi connectivity index (χ0n) is 11.4. The molecule has 0 radical (unpaired) electrons. The molecule has 0 fully saturated rings. The van der Waals surface area contributed by atoms with Crippen molar-refractivity contribution < 1.29 is 0 Å². The maximum absolute atomic E-state index is 4.63. The topological polar surface area (TPSA) is 24.4 Å². The molecule has 1 aliphatic rings. The molecule has 1 heterocycles. The molecule has 0 saturated carbocycles. The van der Waals surface area contributed by atoms with Gasteiger partial charge in [-0.2, -0.15) is 0 Å². The van der Waals surface area contributed by atoms with Gasteiger partial charge in [0.25, 0.3) is 0 Å². The van der Waals surface area contributed by atoms with E-state index in [1.54, 1.807) is 0 Å². The van der Waals surface area contributed by atoms with Crippen LogP contribution >= 0.6 is 11.8 Å². The summed E-state index contributed by atoms with van der Waals surface area (Å²) in [5.41, 5.74) is 2.42.